The van der Waals surface area contributed by atoms with E-state index in [4.69, 9.17) is 0 Å². The number of hydrogen-bond acceptors (Lipinski definition) is 1. The molecular formula is C13H13BrF2O2. The fraction of sp³-hybridized carbons (Fsp3) is 0.462. The molecule has 1 saturated carbocycles. The third-order valence-electron chi connectivity index (χ3n) is 3.64. The monoisotopic (exact) mass is 318 g/mol. The fourth-order valence-electron chi connectivity index (χ4n) is 2.64. The van der Waals surface area contributed by atoms with Crippen LogP contribution in [0.25, 0.3) is 0 Å². The SMILES string of the molecule is O=C(O)C1(c2cc(F)c(F)cc2Br)CCCCC1. The molecule has 0 aliphatic heterocycles. The Bertz CT molecular complexity index is 482. The molecule has 0 saturated heterocycles. The molecule has 1 fully saturated rings. The molecule has 1 aliphatic carbocycles. The standard InChI is InChI=1S/C13H13BrF2O2/c14-9-7-11(16)10(15)6-8(9)13(12(17)18)4-2-1-3-5-13/h6-7H,1-5H2,(H,17,18). The van der Waals surface area contributed by atoms with Crippen LogP contribution in [0.15, 0.2) is 16.6 Å². The van der Waals surface area contributed by atoms with Crippen molar-refractivity contribution in [2.24, 2.45) is 0 Å². The van der Waals surface area contributed by atoms with E-state index in [-0.39, 0.29) is 0 Å². The Morgan fingerprint density at radius 3 is 2.28 bits per heavy atom. The molecule has 1 aliphatic rings. The minimum absolute atomic E-state index is 0.325. The first-order chi connectivity index (χ1) is 8.47. The van der Waals surface area contributed by atoms with Crippen molar-refractivity contribution in [1.82, 2.24) is 0 Å². The smallest absolute Gasteiger partial charge is 0.314 e. The van der Waals surface area contributed by atoms with Gasteiger partial charge in [-0.05, 0) is 30.5 Å². The van der Waals surface area contributed by atoms with Gasteiger partial charge in [-0.25, -0.2) is 8.78 Å². The van der Waals surface area contributed by atoms with Crippen molar-refractivity contribution < 1.29 is 18.7 Å². The summed E-state index contributed by atoms with van der Waals surface area (Å²) in [7, 11) is 0. The Balaban J connectivity index is 2.55. The van der Waals surface area contributed by atoms with E-state index in [0.29, 0.717) is 22.9 Å². The van der Waals surface area contributed by atoms with Gasteiger partial charge in [-0.1, -0.05) is 35.2 Å². The first kappa shape index (κ1) is 13.5. The van der Waals surface area contributed by atoms with Gasteiger partial charge < -0.3 is 5.11 Å². The molecule has 0 unspecified atom stereocenters. The van der Waals surface area contributed by atoms with Crippen LogP contribution < -0.4 is 0 Å². The Morgan fingerprint density at radius 2 is 1.72 bits per heavy atom. The van der Waals surface area contributed by atoms with Crippen LogP contribution in [0.5, 0.6) is 0 Å². The van der Waals surface area contributed by atoms with Crippen LogP contribution in [0.4, 0.5) is 8.78 Å². The molecule has 0 amide bonds. The number of carboxylic acid groups (broad SMARTS) is 1. The van der Waals surface area contributed by atoms with E-state index in [1.54, 1.807) is 0 Å². The maximum Gasteiger partial charge on any atom is 0.314 e. The zero-order valence-corrected chi connectivity index (χ0v) is 11.3. The van der Waals surface area contributed by atoms with Gasteiger partial charge in [-0.2, -0.15) is 0 Å². The van der Waals surface area contributed by atoms with Gasteiger partial charge in [0.1, 0.15) is 0 Å². The lowest BCUT2D eigenvalue weighted by Crippen LogP contribution is -2.38. The van der Waals surface area contributed by atoms with E-state index < -0.39 is 23.0 Å². The van der Waals surface area contributed by atoms with Crippen molar-refractivity contribution in [3.63, 3.8) is 0 Å². The van der Waals surface area contributed by atoms with Gasteiger partial charge in [0.2, 0.25) is 0 Å². The van der Waals surface area contributed by atoms with Crippen LogP contribution in [0, 0.1) is 11.6 Å². The lowest BCUT2D eigenvalue weighted by molar-refractivity contribution is -0.145. The second-order valence-electron chi connectivity index (χ2n) is 4.69. The molecule has 5 heteroatoms. The number of carboxylic acids is 1. The number of hydrogen-bond donors (Lipinski definition) is 1. The summed E-state index contributed by atoms with van der Waals surface area (Å²) in [5.41, 5.74) is -0.750. The maximum absolute atomic E-state index is 13.4. The normalized spacial score (nSPS) is 18.6. The van der Waals surface area contributed by atoms with Crippen LogP contribution in [-0.2, 0) is 10.2 Å². The Kier molecular flexibility index (Phi) is 3.71. The highest BCUT2D eigenvalue weighted by Crippen LogP contribution is 2.43. The van der Waals surface area contributed by atoms with Crippen molar-refractivity contribution in [2.45, 2.75) is 37.5 Å². The second kappa shape index (κ2) is 4.96. The predicted molar refractivity (Wildman–Crippen MR) is 66.5 cm³/mol. The molecule has 0 bridgehead atoms. The van der Waals surface area contributed by atoms with E-state index in [0.717, 1.165) is 31.4 Å². The molecule has 0 heterocycles. The number of rotatable bonds is 2. The van der Waals surface area contributed by atoms with E-state index >= 15 is 0 Å². The third-order valence-corrected chi connectivity index (χ3v) is 4.30. The first-order valence-electron chi connectivity index (χ1n) is 5.86. The summed E-state index contributed by atoms with van der Waals surface area (Å²) in [6.45, 7) is 0. The quantitative estimate of drug-likeness (QED) is 0.836. The maximum atomic E-state index is 13.4. The van der Waals surface area contributed by atoms with Crippen molar-refractivity contribution in [2.75, 3.05) is 0 Å². The Morgan fingerprint density at radius 1 is 1.17 bits per heavy atom. The van der Waals surface area contributed by atoms with Crippen LogP contribution in [0.2, 0.25) is 0 Å². The summed E-state index contributed by atoms with van der Waals surface area (Å²) in [6.07, 6.45) is 3.49. The van der Waals surface area contributed by atoms with Crippen LogP contribution in [-0.4, -0.2) is 11.1 Å². The Hall–Kier alpha value is -0.970. The van der Waals surface area contributed by atoms with Crippen molar-refractivity contribution in [3.05, 3.63) is 33.8 Å². The van der Waals surface area contributed by atoms with Crippen molar-refractivity contribution in [3.8, 4) is 0 Å². The minimum atomic E-state index is -1.09. The van der Waals surface area contributed by atoms with E-state index in [1.807, 2.05) is 0 Å². The van der Waals surface area contributed by atoms with Crippen LogP contribution in [0.1, 0.15) is 37.7 Å². The lowest BCUT2D eigenvalue weighted by atomic mass is 9.69. The number of aliphatic carboxylic acids is 1. The van der Waals surface area contributed by atoms with Gasteiger partial charge in [0.25, 0.3) is 0 Å². The third kappa shape index (κ3) is 2.16. The average molecular weight is 319 g/mol. The molecule has 2 nitrogen and oxygen atoms in total. The number of halogens is 3. The number of benzene rings is 1. The molecule has 1 aromatic rings. The van der Waals surface area contributed by atoms with Crippen LogP contribution in [0.3, 0.4) is 0 Å². The average Bonchev–Trinajstić information content (AvgIpc) is 2.34. The molecule has 1 aromatic carbocycles. The molecule has 2 rings (SSSR count). The molecule has 0 atom stereocenters. The summed E-state index contributed by atoms with van der Waals surface area (Å²) in [5.74, 6) is -2.93. The zero-order valence-electron chi connectivity index (χ0n) is 9.68. The first-order valence-corrected chi connectivity index (χ1v) is 6.65. The summed E-state index contributed by atoms with van der Waals surface area (Å²) >= 11 is 3.15. The van der Waals surface area contributed by atoms with Crippen molar-refractivity contribution >= 4 is 21.9 Å². The van der Waals surface area contributed by atoms with E-state index in [2.05, 4.69) is 15.9 Å². The van der Waals surface area contributed by atoms with Gasteiger partial charge >= 0.3 is 5.97 Å². The highest BCUT2D eigenvalue weighted by Gasteiger charge is 2.43. The molecule has 1 N–H and O–H groups in total. The molecule has 0 aromatic heterocycles. The van der Waals surface area contributed by atoms with Gasteiger partial charge in [0.05, 0.1) is 5.41 Å². The van der Waals surface area contributed by atoms with Gasteiger partial charge in [0, 0.05) is 4.47 Å². The van der Waals surface area contributed by atoms with Crippen molar-refractivity contribution in [1.29, 1.82) is 0 Å². The van der Waals surface area contributed by atoms with Gasteiger partial charge in [0.15, 0.2) is 11.6 Å². The predicted octanol–water partition coefficient (Wildman–Crippen LogP) is 4.01. The highest BCUT2D eigenvalue weighted by molar-refractivity contribution is 9.10. The zero-order chi connectivity index (χ0) is 13.3. The molecular weight excluding hydrogens is 306 g/mol. The molecule has 98 valence electrons. The summed E-state index contributed by atoms with van der Waals surface area (Å²) in [4.78, 5) is 11.6. The summed E-state index contributed by atoms with van der Waals surface area (Å²) in [6, 6.07) is 2.02. The minimum Gasteiger partial charge on any atom is -0.481 e. The van der Waals surface area contributed by atoms with Gasteiger partial charge in [-0.15, -0.1) is 0 Å². The number of carbonyl (C=O) groups is 1. The van der Waals surface area contributed by atoms with Crippen LogP contribution >= 0.6 is 15.9 Å². The lowest BCUT2D eigenvalue weighted by Gasteiger charge is -2.34. The molecule has 18 heavy (non-hydrogen) atoms. The molecule has 0 spiro atoms. The second-order valence-corrected chi connectivity index (χ2v) is 5.55. The fourth-order valence-corrected chi connectivity index (χ4v) is 3.34. The van der Waals surface area contributed by atoms with Gasteiger partial charge in [-0.3, -0.25) is 4.79 Å². The summed E-state index contributed by atoms with van der Waals surface area (Å²) in [5, 5.41) is 9.49. The summed E-state index contributed by atoms with van der Waals surface area (Å²) < 4.78 is 26.8. The van der Waals surface area contributed by atoms with E-state index in [1.165, 1.54) is 0 Å². The molecule has 0 radical (unpaired) electrons. The largest absolute Gasteiger partial charge is 0.481 e. The van der Waals surface area contributed by atoms with E-state index in [9.17, 15) is 18.7 Å². The topological polar surface area (TPSA) is 37.3 Å². The highest BCUT2D eigenvalue weighted by atomic mass is 79.9. The Labute approximate surface area is 112 Å².